The third-order valence-electron chi connectivity index (χ3n) is 5.10. The predicted molar refractivity (Wildman–Crippen MR) is 108 cm³/mol. The van der Waals surface area contributed by atoms with Crippen molar-refractivity contribution in [2.45, 2.75) is 64.8 Å². The summed E-state index contributed by atoms with van der Waals surface area (Å²) in [6, 6.07) is 7.71. The largest absolute Gasteiger partial charge is 0.352 e. The van der Waals surface area contributed by atoms with Gasteiger partial charge in [-0.2, -0.15) is 4.98 Å². The summed E-state index contributed by atoms with van der Waals surface area (Å²) in [7, 11) is 1.44. The van der Waals surface area contributed by atoms with Gasteiger partial charge in [-0.05, 0) is 18.6 Å². The van der Waals surface area contributed by atoms with Gasteiger partial charge >= 0.3 is 5.69 Å². The van der Waals surface area contributed by atoms with Crippen molar-refractivity contribution >= 4 is 11.0 Å². The second-order valence-corrected chi connectivity index (χ2v) is 7.16. The zero-order chi connectivity index (χ0) is 19.2. The van der Waals surface area contributed by atoms with Crippen LogP contribution in [0, 0.1) is 0 Å². The van der Waals surface area contributed by atoms with Crippen LogP contribution in [-0.4, -0.2) is 19.1 Å². The van der Waals surface area contributed by atoms with Gasteiger partial charge < -0.3 is 4.57 Å². The van der Waals surface area contributed by atoms with E-state index in [9.17, 15) is 9.59 Å². The number of benzene rings is 1. The minimum absolute atomic E-state index is 0.260. The molecule has 27 heavy (non-hydrogen) atoms. The Balaban J connectivity index is 1.82. The summed E-state index contributed by atoms with van der Waals surface area (Å²) in [5, 5.41) is 0. The zero-order valence-electron chi connectivity index (χ0n) is 16.3. The highest BCUT2D eigenvalue weighted by atomic mass is 16.2. The van der Waals surface area contributed by atoms with E-state index in [-0.39, 0.29) is 11.3 Å². The van der Waals surface area contributed by atoms with E-state index in [1.807, 2.05) is 28.8 Å². The summed E-state index contributed by atoms with van der Waals surface area (Å²) in [5.74, 6) is 0.393. The number of aryl methyl sites for hydroxylation is 1. The Bertz CT molecular complexity index is 990. The number of aromatic nitrogens is 4. The van der Waals surface area contributed by atoms with Crippen molar-refractivity contribution in [2.75, 3.05) is 0 Å². The second-order valence-electron chi connectivity index (χ2n) is 7.16. The van der Waals surface area contributed by atoms with Gasteiger partial charge in [-0.25, -0.2) is 9.78 Å². The van der Waals surface area contributed by atoms with Crippen molar-refractivity contribution in [3.8, 4) is 11.5 Å². The fourth-order valence-corrected chi connectivity index (χ4v) is 3.50. The molecule has 0 atom stereocenters. The first kappa shape index (κ1) is 19.3. The molecule has 1 aromatic rings. The monoisotopic (exact) mass is 368 g/mol. The van der Waals surface area contributed by atoms with E-state index in [4.69, 9.17) is 0 Å². The molecule has 0 fully saturated rings. The molecule has 2 aliphatic rings. The predicted octanol–water partition coefficient (Wildman–Crippen LogP) is 3.74. The smallest absolute Gasteiger partial charge is 0.322 e. The molecule has 0 amide bonds. The summed E-state index contributed by atoms with van der Waals surface area (Å²) in [5.41, 5.74) is 1.00. The average Bonchev–Trinajstić information content (AvgIpc) is 2.68. The third kappa shape index (κ3) is 4.26. The van der Waals surface area contributed by atoms with Crippen LogP contribution in [0.15, 0.2) is 33.9 Å². The Hall–Kier alpha value is -2.50. The first-order chi connectivity index (χ1) is 13.1. The van der Waals surface area contributed by atoms with Crippen molar-refractivity contribution in [2.24, 2.45) is 7.05 Å². The number of unbranched alkanes of at least 4 members (excludes halogenated alkanes) is 7. The Morgan fingerprint density at radius 3 is 2.30 bits per heavy atom. The SMILES string of the molecule is CCCCCCCCCCn1c2nc(=O)n(C)c(=O)c-2nc2ccccc21. The van der Waals surface area contributed by atoms with Crippen molar-refractivity contribution in [3.05, 3.63) is 45.1 Å². The molecule has 0 radical (unpaired) electrons. The number of nitrogens with zero attached hydrogens (tertiary/aromatic N) is 4. The van der Waals surface area contributed by atoms with E-state index in [0.29, 0.717) is 5.82 Å². The number of fused-ring (bicyclic) bond motifs is 2. The minimum atomic E-state index is -0.533. The van der Waals surface area contributed by atoms with Gasteiger partial charge in [0.2, 0.25) is 0 Å². The molecule has 0 N–H and O–H groups in total. The molecule has 1 aromatic carbocycles. The first-order valence-electron chi connectivity index (χ1n) is 10.00. The number of hydrogen-bond acceptors (Lipinski definition) is 4. The Labute approximate surface area is 159 Å². The van der Waals surface area contributed by atoms with Gasteiger partial charge in [0.15, 0.2) is 11.5 Å². The Morgan fingerprint density at radius 2 is 1.56 bits per heavy atom. The number of hydrogen-bond donors (Lipinski definition) is 0. The van der Waals surface area contributed by atoms with E-state index in [1.165, 1.54) is 45.6 Å². The summed E-state index contributed by atoms with van der Waals surface area (Å²) in [4.78, 5) is 33.2. The topological polar surface area (TPSA) is 69.8 Å². The molecule has 6 nitrogen and oxygen atoms in total. The molecule has 2 aliphatic heterocycles. The highest BCUT2D eigenvalue weighted by molar-refractivity contribution is 5.79. The maximum Gasteiger partial charge on any atom is 0.352 e. The van der Waals surface area contributed by atoms with Gasteiger partial charge in [-0.15, -0.1) is 0 Å². The molecule has 0 saturated carbocycles. The lowest BCUT2D eigenvalue weighted by Crippen LogP contribution is -2.36. The number of rotatable bonds is 9. The van der Waals surface area contributed by atoms with E-state index in [0.717, 1.165) is 35.0 Å². The van der Waals surface area contributed by atoms with Gasteiger partial charge in [0.1, 0.15) is 0 Å². The number of para-hydroxylation sites is 2. The molecule has 6 heteroatoms. The first-order valence-corrected chi connectivity index (χ1v) is 10.00. The molecule has 2 heterocycles. The van der Waals surface area contributed by atoms with Crippen LogP contribution in [0.3, 0.4) is 0 Å². The Kier molecular flexibility index (Phi) is 6.37. The lowest BCUT2D eigenvalue weighted by molar-refractivity contribution is 0.546. The fourth-order valence-electron chi connectivity index (χ4n) is 3.50. The van der Waals surface area contributed by atoms with Crippen LogP contribution >= 0.6 is 0 Å². The molecule has 0 bridgehead atoms. The van der Waals surface area contributed by atoms with Crippen molar-refractivity contribution in [3.63, 3.8) is 0 Å². The summed E-state index contributed by atoms with van der Waals surface area (Å²) >= 11 is 0. The molecule has 0 aliphatic carbocycles. The molecule has 0 aromatic heterocycles. The molecule has 0 saturated heterocycles. The van der Waals surface area contributed by atoms with Gasteiger partial charge in [0.25, 0.3) is 5.56 Å². The molecular formula is C21H28N4O2. The van der Waals surface area contributed by atoms with Gasteiger partial charge in [-0.3, -0.25) is 9.36 Å². The maximum atomic E-state index is 12.5. The molecule has 3 rings (SSSR count). The van der Waals surface area contributed by atoms with Crippen LogP contribution in [0.4, 0.5) is 0 Å². The lowest BCUT2D eigenvalue weighted by Gasteiger charge is -2.17. The molecule has 0 unspecified atom stereocenters. The molecule has 0 spiro atoms. The normalized spacial score (nSPS) is 11.5. The van der Waals surface area contributed by atoms with E-state index in [1.54, 1.807) is 0 Å². The summed E-state index contributed by atoms with van der Waals surface area (Å²) in [6.07, 6.45) is 9.83. The van der Waals surface area contributed by atoms with Crippen molar-refractivity contribution in [1.29, 1.82) is 0 Å². The summed E-state index contributed by atoms with van der Waals surface area (Å²) < 4.78 is 3.00. The van der Waals surface area contributed by atoms with Crippen LogP contribution in [-0.2, 0) is 13.6 Å². The third-order valence-corrected chi connectivity index (χ3v) is 5.10. The van der Waals surface area contributed by atoms with Crippen LogP contribution in [0.25, 0.3) is 22.6 Å². The highest BCUT2D eigenvalue weighted by Crippen LogP contribution is 2.21. The van der Waals surface area contributed by atoms with Gasteiger partial charge in [0.05, 0.1) is 11.0 Å². The standard InChI is InChI=1S/C21H28N4O2/c1-3-4-5-6-7-8-9-12-15-25-17-14-11-10-13-16(17)22-18-19(25)23-21(27)24(2)20(18)26/h10-11,13-14H,3-9,12,15H2,1-2H3. The minimum Gasteiger partial charge on any atom is -0.322 e. The van der Waals surface area contributed by atoms with Crippen LogP contribution < -0.4 is 11.2 Å². The fraction of sp³-hybridized carbons (Fsp3) is 0.524. The molecule has 144 valence electrons. The van der Waals surface area contributed by atoms with E-state index in [2.05, 4.69) is 16.9 Å². The highest BCUT2D eigenvalue weighted by Gasteiger charge is 2.19. The lowest BCUT2D eigenvalue weighted by atomic mass is 10.1. The zero-order valence-corrected chi connectivity index (χ0v) is 16.3. The summed E-state index contributed by atoms with van der Waals surface area (Å²) in [6.45, 7) is 2.96. The van der Waals surface area contributed by atoms with Crippen molar-refractivity contribution in [1.82, 2.24) is 19.1 Å². The van der Waals surface area contributed by atoms with Gasteiger partial charge in [-0.1, -0.05) is 64.0 Å². The van der Waals surface area contributed by atoms with Crippen LogP contribution in [0.2, 0.25) is 0 Å². The van der Waals surface area contributed by atoms with Gasteiger partial charge in [0, 0.05) is 13.6 Å². The second kappa shape index (κ2) is 8.93. The van der Waals surface area contributed by atoms with Crippen molar-refractivity contribution < 1.29 is 0 Å². The van der Waals surface area contributed by atoms with Crippen LogP contribution in [0.5, 0.6) is 0 Å². The molecular weight excluding hydrogens is 340 g/mol. The quantitative estimate of drug-likeness (QED) is 0.426. The van der Waals surface area contributed by atoms with E-state index < -0.39 is 5.69 Å². The maximum absolute atomic E-state index is 12.5. The Morgan fingerprint density at radius 1 is 0.889 bits per heavy atom. The average molecular weight is 368 g/mol. The van der Waals surface area contributed by atoms with Crippen LogP contribution in [0.1, 0.15) is 58.3 Å². The van der Waals surface area contributed by atoms with E-state index >= 15 is 0 Å².